The van der Waals surface area contributed by atoms with Crippen molar-refractivity contribution in [3.05, 3.63) is 0 Å². The second kappa shape index (κ2) is 9.63. The summed E-state index contributed by atoms with van der Waals surface area (Å²) in [6, 6.07) is -0.796. The molecule has 0 rings (SSSR count). The maximum atomic E-state index is 12.3. The number of methoxy groups -OCH3 is 1. The highest BCUT2D eigenvalue weighted by atomic mass is 35.6. The number of nitrogens with zero attached hydrogens (tertiary/aromatic N) is 1. The number of carbonyl (C=O) groups is 2. The Morgan fingerprint density at radius 3 is 2.05 bits per heavy atom. The van der Waals surface area contributed by atoms with Crippen LogP contribution in [-0.4, -0.2) is 45.6 Å². The number of hydrogen-bond donors (Lipinski definition) is 0. The minimum atomic E-state index is -1.55. The quantitative estimate of drug-likeness (QED) is 0.462. The SMILES string of the molecule is COC(=O)[C@@H](C[C@H](C)C(Cl)Cl)N(C)C(=O)C[C@H](C)C(Cl)(Cl)Cl. The number of halogens is 5. The molecular weight excluding hydrogens is 395 g/mol. The number of hydrogen-bond acceptors (Lipinski definition) is 3. The van der Waals surface area contributed by atoms with E-state index < -0.39 is 26.6 Å². The average molecular weight is 416 g/mol. The number of esters is 1. The van der Waals surface area contributed by atoms with Gasteiger partial charge in [0.1, 0.15) is 10.9 Å². The predicted octanol–water partition coefficient (Wildman–Crippen LogP) is 4.21. The van der Waals surface area contributed by atoms with E-state index in [1.807, 2.05) is 0 Å². The van der Waals surface area contributed by atoms with E-state index in [0.29, 0.717) is 0 Å². The monoisotopic (exact) mass is 413 g/mol. The van der Waals surface area contributed by atoms with Gasteiger partial charge in [0, 0.05) is 19.4 Å². The average Bonchev–Trinajstić information content (AvgIpc) is 2.41. The Balaban J connectivity index is 4.99. The van der Waals surface area contributed by atoms with E-state index in [-0.39, 0.29) is 24.7 Å². The molecular formula is C13H20Cl5NO3. The second-order valence-electron chi connectivity index (χ2n) is 5.24. The summed E-state index contributed by atoms with van der Waals surface area (Å²) in [4.78, 5) is 24.8. The molecule has 130 valence electrons. The van der Waals surface area contributed by atoms with Gasteiger partial charge in [0.2, 0.25) is 5.91 Å². The number of alkyl halides is 5. The Kier molecular flexibility index (Phi) is 9.80. The number of rotatable bonds is 7. The molecule has 0 aliphatic rings. The Hall–Kier alpha value is 0.390. The summed E-state index contributed by atoms with van der Waals surface area (Å²) in [7, 11) is 2.75. The molecule has 0 unspecified atom stereocenters. The fourth-order valence-electron chi connectivity index (χ4n) is 1.70. The molecule has 22 heavy (non-hydrogen) atoms. The summed E-state index contributed by atoms with van der Waals surface area (Å²) in [5.74, 6) is -1.58. The highest BCUT2D eigenvalue weighted by Crippen LogP contribution is 2.37. The first-order valence-corrected chi connectivity index (χ1v) is 8.60. The summed E-state index contributed by atoms with van der Waals surface area (Å²) >= 11 is 28.9. The molecule has 0 aliphatic carbocycles. The van der Waals surface area contributed by atoms with Gasteiger partial charge in [-0.3, -0.25) is 4.79 Å². The molecule has 0 aromatic rings. The van der Waals surface area contributed by atoms with Crippen LogP contribution in [0.25, 0.3) is 0 Å². The number of ether oxygens (including phenoxy) is 1. The van der Waals surface area contributed by atoms with E-state index in [1.165, 1.54) is 19.1 Å². The highest BCUT2D eigenvalue weighted by Gasteiger charge is 2.35. The van der Waals surface area contributed by atoms with E-state index in [0.717, 1.165) is 0 Å². The van der Waals surface area contributed by atoms with E-state index >= 15 is 0 Å². The van der Waals surface area contributed by atoms with Crippen molar-refractivity contribution in [1.82, 2.24) is 4.90 Å². The van der Waals surface area contributed by atoms with Crippen molar-refractivity contribution < 1.29 is 14.3 Å². The largest absolute Gasteiger partial charge is 0.467 e. The molecule has 0 N–H and O–H groups in total. The molecule has 4 nitrogen and oxygen atoms in total. The lowest BCUT2D eigenvalue weighted by Gasteiger charge is -2.30. The third-order valence-electron chi connectivity index (χ3n) is 3.40. The second-order valence-corrected chi connectivity index (χ2v) is 8.77. The van der Waals surface area contributed by atoms with Crippen LogP contribution in [0, 0.1) is 11.8 Å². The van der Waals surface area contributed by atoms with Crippen LogP contribution in [0.5, 0.6) is 0 Å². The standard InChI is InChI=1S/C13H20Cl5NO3/c1-7(11(14)15)5-9(12(21)22-4)19(3)10(20)6-8(2)13(16,17)18/h7-9,11H,5-6H2,1-4H3/t7-,8-,9+/m0/s1. The summed E-state index contributed by atoms with van der Waals surface area (Å²) in [5.41, 5.74) is 0. The van der Waals surface area contributed by atoms with Gasteiger partial charge in [-0.1, -0.05) is 48.7 Å². The summed E-state index contributed by atoms with van der Waals surface area (Å²) in [5, 5.41) is 0. The van der Waals surface area contributed by atoms with Gasteiger partial charge in [-0.25, -0.2) is 4.79 Å². The molecule has 0 bridgehead atoms. The zero-order valence-corrected chi connectivity index (χ0v) is 16.6. The minimum Gasteiger partial charge on any atom is -0.467 e. The fourth-order valence-corrected chi connectivity index (χ4v) is 2.14. The highest BCUT2D eigenvalue weighted by molar-refractivity contribution is 6.67. The van der Waals surface area contributed by atoms with E-state index in [4.69, 9.17) is 62.7 Å². The lowest BCUT2D eigenvalue weighted by molar-refractivity contribution is -0.152. The van der Waals surface area contributed by atoms with Gasteiger partial charge in [-0.15, -0.1) is 23.2 Å². The third-order valence-corrected chi connectivity index (χ3v) is 5.38. The number of amides is 1. The minimum absolute atomic E-state index is 0.0138. The van der Waals surface area contributed by atoms with Crippen LogP contribution in [0.3, 0.4) is 0 Å². The van der Waals surface area contributed by atoms with Crippen molar-refractivity contribution >= 4 is 69.9 Å². The Bertz CT molecular complexity index is 386. The van der Waals surface area contributed by atoms with Crippen molar-refractivity contribution in [1.29, 1.82) is 0 Å². The van der Waals surface area contributed by atoms with Crippen LogP contribution in [0.2, 0.25) is 0 Å². The van der Waals surface area contributed by atoms with Crippen LogP contribution in [0.15, 0.2) is 0 Å². The lowest BCUT2D eigenvalue weighted by Crippen LogP contribution is -2.45. The number of likely N-dealkylation sites (N-methyl/N-ethyl adjacent to an activating group) is 1. The molecule has 3 atom stereocenters. The molecule has 0 aromatic carbocycles. The summed E-state index contributed by atoms with van der Waals surface area (Å²) in [6.45, 7) is 3.42. The van der Waals surface area contributed by atoms with Crippen molar-refractivity contribution in [3.8, 4) is 0 Å². The van der Waals surface area contributed by atoms with Crippen LogP contribution in [0.1, 0.15) is 26.7 Å². The first-order chi connectivity index (χ1) is 9.91. The van der Waals surface area contributed by atoms with E-state index in [2.05, 4.69) is 0 Å². The van der Waals surface area contributed by atoms with E-state index in [1.54, 1.807) is 13.8 Å². The maximum Gasteiger partial charge on any atom is 0.328 e. The first kappa shape index (κ1) is 22.4. The zero-order valence-electron chi connectivity index (χ0n) is 12.8. The zero-order chi connectivity index (χ0) is 17.7. The van der Waals surface area contributed by atoms with Crippen LogP contribution < -0.4 is 0 Å². The van der Waals surface area contributed by atoms with E-state index in [9.17, 15) is 9.59 Å². The molecule has 0 spiro atoms. The lowest BCUT2D eigenvalue weighted by atomic mass is 10.0. The van der Waals surface area contributed by atoms with Crippen molar-refractivity contribution in [3.63, 3.8) is 0 Å². The molecule has 0 heterocycles. The van der Waals surface area contributed by atoms with Crippen molar-refractivity contribution in [2.24, 2.45) is 11.8 Å². The summed E-state index contributed by atoms with van der Waals surface area (Å²) in [6.07, 6.45) is 0.259. The van der Waals surface area contributed by atoms with Gasteiger partial charge in [-0.2, -0.15) is 0 Å². The van der Waals surface area contributed by atoms with Crippen molar-refractivity contribution in [2.45, 2.75) is 41.4 Å². The molecule has 0 fully saturated rings. The van der Waals surface area contributed by atoms with Crippen LogP contribution >= 0.6 is 58.0 Å². The Labute approximate surface area is 156 Å². The fraction of sp³-hybridized carbons (Fsp3) is 0.846. The molecule has 1 amide bonds. The summed E-state index contributed by atoms with van der Waals surface area (Å²) < 4.78 is 3.19. The van der Waals surface area contributed by atoms with Gasteiger partial charge >= 0.3 is 5.97 Å². The van der Waals surface area contributed by atoms with Gasteiger partial charge in [0.05, 0.1) is 7.11 Å². The topological polar surface area (TPSA) is 46.6 Å². The molecule has 0 saturated carbocycles. The number of carbonyl (C=O) groups excluding carboxylic acids is 2. The molecule has 0 saturated heterocycles. The Morgan fingerprint density at radius 2 is 1.68 bits per heavy atom. The van der Waals surface area contributed by atoms with Gasteiger partial charge in [0.15, 0.2) is 3.79 Å². The maximum absolute atomic E-state index is 12.3. The normalized spacial score (nSPS) is 16.1. The molecule has 0 radical (unpaired) electrons. The van der Waals surface area contributed by atoms with Gasteiger partial charge < -0.3 is 9.64 Å². The predicted molar refractivity (Wildman–Crippen MR) is 91.9 cm³/mol. The van der Waals surface area contributed by atoms with Crippen molar-refractivity contribution in [2.75, 3.05) is 14.2 Å². The molecule has 9 heteroatoms. The smallest absolute Gasteiger partial charge is 0.328 e. The van der Waals surface area contributed by atoms with Gasteiger partial charge in [0.25, 0.3) is 0 Å². The van der Waals surface area contributed by atoms with Crippen LogP contribution in [-0.2, 0) is 14.3 Å². The molecule has 0 aromatic heterocycles. The van der Waals surface area contributed by atoms with Crippen LogP contribution in [0.4, 0.5) is 0 Å². The third kappa shape index (κ3) is 7.31. The first-order valence-electron chi connectivity index (χ1n) is 6.60. The van der Waals surface area contributed by atoms with Gasteiger partial charge in [-0.05, 0) is 12.3 Å². The Morgan fingerprint density at radius 1 is 1.18 bits per heavy atom. The molecule has 0 aliphatic heterocycles.